The molecular weight excluding hydrogens is 390 g/mol. The van der Waals surface area contributed by atoms with Gasteiger partial charge >= 0.3 is 0 Å². The third-order valence-corrected chi connectivity index (χ3v) is 6.50. The van der Waals surface area contributed by atoms with Crippen molar-refractivity contribution in [3.8, 4) is 0 Å². The predicted octanol–water partition coefficient (Wildman–Crippen LogP) is 4.14. The molecule has 0 aliphatic carbocycles. The molecule has 6 heteroatoms. The van der Waals surface area contributed by atoms with Crippen LogP contribution in [0.1, 0.15) is 77.5 Å². The third kappa shape index (κ3) is 5.18. The number of hydrogen-bond donors (Lipinski definition) is 0. The highest BCUT2D eigenvalue weighted by molar-refractivity contribution is 5.95. The van der Waals surface area contributed by atoms with Crippen LogP contribution >= 0.6 is 0 Å². The number of rotatable bonds is 5. The summed E-state index contributed by atoms with van der Waals surface area (Å²) < 4.78 is 6.41. The molecule has 2 aromatic rings. The molecule has 164 valence electrons. The number of ketones is 1. The molecule has 2 fully saturated rings. The van der Waals surface area contributed by atoms with E-state index < -0.39 is 0 Å². The Bertz CT molecular complexity index is 932. The second-order valence-corrected chi connectivity index (χ2v) is 8.75. The first kappa shape index (κ1) is 21.6. The van der Waals surface area contributed by atoms with Crippen molar-refractivity contribution >= 4 is 11.7 Å². The maximum Gasteiger partial charge on any atom is 0.272 e. The molecule has 0 unspecified atom stereocenters. The quantitative estimate of drug-likeness (QED) is 0.725. The Morgan fingerprint density at radius 3 is 2.58 bits per heavy atom. The molecule has 2 aliphatic heterocycles. The molecule has 1 amide bonds. The number of carbonyl (C=O) groups excluding carboxylic acids is 2. The van der Waals surface area contributed by atoms with Gasteiger partial charge in [-0.3, -0.25) is 9.59 Å². The van der Waals surface area contributed by atoms with Gasteiger partial charge in [-0.15, -0.1) is 0 Å². The van der Waals surface area contributed by atoms with Crippen LogP contribution in [0.4, 0.5) is 0 Å². The van der Waals surface area contributed by atoms with Crippen molar-refractivity contribution in [2.45, 2.75) is 71.0 Å². The van der Waals surface area contributed by atoms with Gasteiger partial charge in [-0.05, 0) is 51.5 Å². The Hall–Kier alpha value is -2.60. The zero-order valence-corrected chi connectivity index (χ0v) is 18.5. The minimum atomic E-state index is -0.0954. The number of hydrogen-bond acceptors (Lipinski definition) is 5. The summed E-state index contributed by atoms with van der Waals surface area (Å²) in [6, 6.07) is 8.62. The molecule has 1 aromatic heterocycles. The average molecular weight is 422 g/mol. The number of likely N-dealkylation sites (tertiary alicyclic amines) is 1. The summed E-state index contributed by atoms with van der Waals surface area (Å²) in [5, 5.41) is 0. The fourth-order valence-electron chi connectivity index (χ4n) is 4.50. The van der Waals surface area contributed by atoms with E-state index in [9.17, 15) is 9.59 Å². The first-order valence-electron chi connectivity index (χ1n) is 11.3. The van der Waals surface area contributed by atoms with E-state index in [4.69, 9.17) is 4.74 Å². The van der Waals surface area contributed by atoms with Gasteiger partial charge in [-0.2, -0.15) is 0 Å². The van der Waals surface area contributed by atoms with Crippen molar-refractivity contribution in [2.75, 3.05) is 13.1 Å². The lowest BCUT2D eigenvalue weighted by atomic mass is 9.95. The maximum absolute atomic E-state index is 12.9. The van der Waals surface area contributed by atoms with E-state index in [-0.39, 0.29) is 23.9 Å². The molecule has 0 saturated carbocycles. The Morgan fingerprint density at radius 1 is 1.10 bits per heavy atom. The number of ether oxygens (including phenoxy) is 1. The van der Waals surface area contributed by atoms with Crippen molar-refractivity contribution in [1.82, 2.24) is 14.9 Å². The Balaban J connectivity index is 1.38. The molecule has 2 aliphatic rings. The van der Waals surface area contributed by atoms with Gasteiger partial charge in [0.15, 0.2) is 0 Å². The molecule has 0 spiro atoms. The largest absolute Gasteiger partial charge is 0.370 e. The van der Waals surface area contributed by atoms with E-state index in [2.05, 4.69) is 41.2 Å². The molecular formula is C25H31N3O3. The van der Waals surface area contributed by atoms with Gasteiger partial charge in [0.2, 0.25) is 0 Å². The number of benzene rings is 1. The van der Waals surface area contributed by atoms with E-state index in [1.54, 1.807) is 4.90 Å². The first-order valence-corrected chi connectivity index (χ1v) is 11.3. The molecule has 6 nitrogen and oxygen atoms in total. The number of carbonyl (C=O) groups is 2. The molecule has 0 N–H and O–H groups in total. The van der Waals surface area contributed by atoms with Gasteiger partial charge in [0.25, 0.3) is 5.91 Å². The lowest BCUT2D eigenvalue weighted by Gasteiger charge is -2.30. The summed E-state index contributed by atoms with van der Waals surface area (Å²) >= 11 is 0. The monoisotopic (exact) mass is 421 g/mol. The van der Waals surface area contributed by atoms with Gasteiger partial charge in [-0.25, -0.2) is 9.97 Å². The van der Waals surface area contributed by atoms with Crippen LogP contribution in [0.25, 0.3) is 0 Å². The van der Waals surface area contributed by atoms with E-state index in [1.807, 2.05) is 6.92 Å². The highest BCUT2D eigenvalue weighted by Gasteiger charge is 2.26. The van der Waals surface area contributed by atoms with Crippen molar-refractivity contribution in [2.24, 2.45) is 0 Å². The molecule has 4 rings (SSSR count). The molecule has 2 saturated heterocycles. The molecule has 0 radical (unpaired) electrons. The lowest BCUT2D eigenvalue weighted by Crippen LogP contribution is -2.39. The second-order valence-electron chi connectivity index (χ2n) is 8.75. The molecule has 3 heterocycles. The number of Topliss-reactive ketones (excluding diaryl/α,β-unsaturated/α-hetero) is 1. The van der Waals surface area contributed by atoms with Gasteiger partial charge < -0.3 is 9.64 Å². The van der Waals surface area contributed by atoms with Crippen molar-refractivity contribution in [3.63, 3.8) is 0 Å². The fraction of sp³-hybridized carbons (Fsp3) is 0.520. The second kappa shape index (κ2) is 9.69. The van der Waals surface area contributed by atoms with Crippen molar-refractivity contribution in [3.05, 3.63) is 58.7 Å². The summed E-state index contributed by atoms with van der Waals surface area (Å²) in [5.74, 6) is 0.127. The highest BCUT2D eigenvalue weighted by atomic mass is 16.5. The lowest BCUT2D eigenvalue weighted by molar-refractivity contribution is -0.120. The van der Waals surface area contributed by atoms with Gasteiger partial charge in [-0.1, -0.05) is 29.8 Å². The SMILES string of the molecule is Cc1ccc([C@@H]2CCC[C@H](CCc3ncnc(C(=O)N4CCC(=O)CC4)c3C)O2)cc1. The van der Waals surface area contributed by atoms with E-state index in [0.717, 1.165) is 43.4 Å². The third-order valence-electron chi connectivity index (χ3n) is 6.50. The minimum absolute atomic E-state index is 0.0954. The predicted molar refractivity (Wildman–Crippen MR) is 118 cm³/mol. The number of aromatic nitrogens is 2. The minimum Gasteiger partial charge on any atom is -0.370 e. The van der Waals surface area contributed by atoms with Gasteiger partial charge in [0, 0.05) is 37.2 Å². The summed E-state index contributed by atoms with van der Waals surface area (Å²) in [7, 11) is 0. The van der Waals surface area contributed by atoms with Gasteiger partial charge in [0.05, 0.1) is 12.2 Å². The molecule has 1 aromatic carbocycles. The summed E-state index contributed by atoms with van der Waals surface area (Å²) in [5.41, 5.74) is 4.72. The molecule has 2 atom stereocenters. The van der Waals surface area contributed by atoms with E-state index >= 15 is 0 Å². The van der Waals surface area contributed by atoms with E-state index in [0.29, 0.717) is 31.6 Å². The Kier molecular flexibility index (Phi) is 6.76. The standard InChI is InChI=1S/C25H31N3O3/c1-17-6-8-19(9-7-17)23-5-3-4-21(31-23)10-11-22-18(2)24(27-16-26-22)25(30)28-14-12-20(29)13-15-28/h6-9,16,21,23H,3-5,10-15H2,1-2H3/t21-,23+/m1/s1. The van der Waals surface area contributed by atoms with Crippen molar-refractivity contribution in [1.29, 1.82) is 0 Å². The molecule has 0 bridgehead atoms. The van der Waals surface area contributed by atoms with Crippen LogP contribution in [0.15, 0.2) is 30.6 Å². The van der Waals surface area contributed by atoms with Crippen molar-refractivity contribution < 1.29 is 14.3 Å². The van der Waals surface area contributed by atoms with Crippen LogP contribution < -0.4 is 0 Å². The van der Waals surface area contributed by atoms with Gasteiger partial charge in [0.1, 0.15) is 17.8 Å². The van der Waals surface area contributed by atoms with Crippen LogP contribution in [-0.2, 0) is 16.0 Å². The van der Waals surface area contributed by atoms with Crippen LogP contribution in [0.2, 0.25) is 0 Å². The highest BCUT2D eigenvalue weighted by Crippen LogP contribution is 2.33. The summed E-state index contributed by atoms with van der Waals surface area (Å²) in [6.45, 7) is 4.98. The van der Waals surface area contributed by atoms with Crippen LogP contribution in [-0.4, -0.2) is 45.8 Å². The number of nitrogens with zero attached hydrogens (tertiary/aromatic N) is 3. The summed E-state index contributed by atoms with van der Waals surface area (Å²) in [4.78, 5) is 34.8. The Morgan fingerprint density at radius 2 is 1.84 bits per heavy atom. The van der Waals surface area contributed by atoms with Crippen LogP contribution in [0, 0.1) is 13.8 Å². The number of amides is 1. The molecule has 31 heavy (non-hydrogen) atoms. The zero-order valence-electron chi connectivity index (χ0n) is 18.5. The van der Waals surface area contributed by atoms with Crippen LogP contribution in [0.3, 0.4) is 0 Å². The zero-order chi connectivity index (χ0) is 21.8. The van der Waals surface area contributed by atoms with Crippen LogP contribution in [0.5, 0.6) is 0 Å². The number of piperidine rings is 1. The topological polar surface area (TPSA) is 72.4 Å². The number of aryl methyl sites for hydroxylation is 2. The normalized spacial score (nSPS) is 21.9. The Labute approximate surface area is 184 Å². The van der Waals surface area contributed by atoms with E-state index in [1.165, 1.54) is 17.5 Å². The first-order chi connectivity index (χ1) is 15.0. The fourth-order valence-corrected chi connectivity index (χ4v) is 4.50. The maximum atomic E-state index is 12.9. The smallest absolute Gasteiger partial charge is 0.272 e. The average Bonchev–Trinajstić information content (AvgIpc) is 2.79. The summed E-state index contributed by atoms with van der Waals surface area (Å²) in [6.07, 6.45) is 7.62.